The second-order valence-corrected chi connectivity index (χ2v) is 9.28. The van der Waals surface area contributed by atoms with E-state index in [9.17, 15) is 13.2 Å². The summed E-state index contributed by atoms with van der Waals surface area (Å²) >= 11 is 0. The van der Waals surface area contributed by atoms with E-state index in [0.29, 0.717) is 24.9 Å². The molecule has 27 heavy (non-hydrogen) atoms. The summed E-state index contributed by atoms with van der Waals surface area (Å²) in [7, 11) is -3.54. The molecule has 1 aliphatic rings. The van der Waals surface area contributed by atoms with Gasteiger partial charge in [-0.15, -0.1) is 0 Å². The fourth-order valence-electron chi connectivity index (χ4n) is 3.25. The van der Waals surface area contributed by atoms with Gasteiger partial charge in [-0.1, -0.05) is 25.3 Å². The van der Waals surface area contributed by atoms with E-state index in [2.05, 4.69) is 5.32 Å². The smallest absolute Gasteiger partial charge is 0.240 e. The Morgan fingerprint density at radius 3 is 2.52 bits per heavy atom. The van der Waals surface area contributed by atoms with Gasteiger partial charge in [-0.3, -0.25) is 9.10 Å². The molecule has 2 rings (SSSR count). The largest absolute Gasteiger partial charge is 0.378 e. The zero-order chi connectivity index (χ0) is 19.9. The van der Waals surface area contributed by atoms with Gasteiger partial charge in [0.1, 0.15) is 6.54 Å². The molecule has 0 heterocycles. The van der Waals surface area contributed by atoms with Crippen LogP contribution in [0.25, 0.3) is 0 Å². The van der Waals surface area contributed by atoms with Crippen LogP contribution in [0.5, 0.6) is 0 Å². The number of amides is 1. The lowest BCUT2D eigenvalue weighted by Crippen LogP contribution is -2.40. The highest BCUT2D eigenvalue weighted by Gasteiger charge is 2.21. The molecule has 0 aliphatic heterocycles. The summed E-state index contributed by atoms with van der Waals surface area (Å²) in [6.45, 7) is 4.77. The SMILES string of the molecule is Cc1ccc(N(CC(=O)NCCCOC2CCCCC2)S(C)(=O)=O)cc1C. The molecule has 0 spiro atoms. The highest BCUT2D eigenvalue weighted by molar-refractivity contribution is 7.92. The molecule has 152 valence electrons. The molecule has 0 atom stereocenters. The van der Waals surface area contributed by atoms with Crippen molar-refractivity contribution in [1.29, 1.82) is 0 Å². The van der Waals surface area contributed by atoms with E-state index < -0.39 is 10.0 Å². The molecule has 1 N–H and O–H groups in total. The second-order valence-electron chi connectivity index (χ2n) is 7.37. The molecule has 1 fully saturated rings. The third kappa shape index (κ3) is 7.14. The first-order chi connectivity index (χ1) is 12.8. The first-order valence-corrected chi connectivity index (χ1v) is 11.6. The lowest BCUT2D eigenvalue weighted by atomic mass is 9.98. The maximum Gasteiger partial charge on any atom is 0.240 e. The Balaban J connectivity index is 1.80. The molecule has 6 nitrogen and oxygen atoms in total. The monoisotopic (exact) mass is 396 g/mol. The lowest BCUT2D eigenvalue weighted by molar-refractivity contribution is -0.119. The third-order valence-corrected chi connectivity index (χ3v) is 6.16. The standard InChI is InChI=1S/C20H32N2O4S/c1-16-10-11-18(14-17(16)2)22(27(3,24)25)15-20(23)21-12-7-13-26-19-8-5-4-6-9-19/h10-11,14,19H,4-9,12-13,15H2,1-3H3,(H,21,23). The number of anilines is 1. The van der Waals surface area contributed by atoms with Gasteiger partial charge in [0.15, 0.2) is 0 Å². The number of sulfonamides is 1. The van der Waals surface area contributed by atoms with E-state index >= 15 is 0 Å². The van der Waals surface area contributed by atoms with Crippen LogP contribution in [-0.2, 0) is 19.6 Å². The van der Waals surface area contributed by atoms with E-state index in [4.69, 9.17) is 4.74 Å². The summed E-state index contributed by atoms with van der Waals surface area (Å²) in [5.41, 5.74) is 2.58. The predicted octanol–water partition coefficient (Wildman–Crippen LogP) is 2.93. The Hall–Kier alpha value is -1.60. The van der Waals surface area contributed by atoms with Crippen molar-refractivity contribution in [2.24, 2.45) is 0 Å². The van der Waals surface area contributed by atoms with Gasteiger partial charge in [0.2, 0.25) is 15.9 Å². The highest BCUT2D eigenvalue weighted by atomic mass is 32.2. The third-order valence-electron chi connectivity index (χ3n) is 5.02. The topological polar surface area (TPSA) is 75.7 Å². The van der Waals surface area contributed by atoms with Crippen molar-refractivity contribution in [3.8, 4) is 0 Å². The van der Waals surface area contributed by atoms with Gasteiger partial charge in [0.05, 0.1) is 18.0 Å². The number of nitrogens with zero attached hydrogens (tertiary/aromatic N) is 1. The summed E-state index contributed by atoms with van der Waals surface area (Å²) in [6.07, 6.45) is 8.24. The Bertz CT molecular complexity index is 727. The van der Waals surface area contributed by atoms with Crippen LogP contribution in [0.1, 0.15) is 49.7 Å². The molecule has 0 bridgehead atoms. The average molecular weight is 397 g/mol. The van der Waals surface area contributed by atoms with Crippen molar-refractivity contribution in [2.45, 2.75) is 58.5 Å². The molecular weight excluding hydrogens is 364 g/mol. The predicted molar refractivity (Wildman–Crippen MR) is 109 cm³/mol. The fraction of sp³-hybridized carbons (Fsp3) is 0.650. The molecule has 7 heteroatoms. The number of benzene rings is 1. The summed E-state index contributed by atoms with van der Waals surface area (Å²) < 4.78 is 31.3. The summed E-state index contributed by atoms with van der Waals surface area (Å²) in [6, 6.07) is 5.39. The van der Waals surface area contributed by atoms with Crippen LogP contribution in [0.3, 0.4) is 0 Å². The van der Waals surface area contributed by atoms with Crippen LogP contribution in [0, 0.1) is 13.8 Å². The van der Waals surface area contributed by atoms with Crippen molar-refractivity contribution in [2.75, 3.05) is 30.3 Å². The van der Waals surface area contributed by atoms with E-state index in [1.165, 1.54) is 19.3 Å². The van der Waals surface area contributed by atoms with Gasteiger partial charge < -0.3 is 10.1 Å². The van der Waals surface area contributed by atoms with Crippen LogP contribution < -0.4 is 9.62 Å². The summed E-state index contributed by atoms with van der Waals surface area (Å²) in [5, 5.41) is 2.79. The first kappa shape index (κ1) is 21.7. The number of carbonyl (C=O) groups excluding carboxylic acids is 1. The van der Waals surface area contributed by atoms with Crippen LogP contribution in [-0.4, -0.2) is 46.4 Å². The summed E-state index contributed by atoms with van der Waals surface area (Å²) in [4.78, 5) is 12.2. The normalized spacial score (nSPS) is 15.5. The zero-order valence-corrected chi connectivity index (χ0v) is 17.5. The van der Waals surface area contributed by atoms with Gasteiger partial charge in [0, 0.05) is 13.2 Å². The Labute approximate surface area is 163 Å². The Morgan fingerprint density at radius 1 is 1.19 bits per heavy atom. The van der Waals surface area contributed by atoms with Crippen LogP contribution >= 0.6 is 0 Å². The number of carbonyl (C=O) groups is 1. The minimum Gasteiger partial charge on any atom is -0.378 e. The lowest BCUT2D eigenvalue weighted by Gasteiger charge is -2.23. The van der Waals surface area contributed by atoms with Crippen LogP contribution in [0.4, 0.5) is 5.69 Å². The number of ether oxygens (including phenoxy) is 1. The Kier molecular flexibility index (Phi) is 8.10. The molecule has 0 saturated heterocycles. The minimum atomic E-state index is -3.54. The fourth-order valence-corrected chi connectivity index (χ4v) is 4.10. The van der Waals surface area contributed by atoms with Gasteiger partial charge >= 0.3 is 0 Å². The molecule has 0 unspecified atom stereocenters. The van der Waals surface area contributed by atoms with Crippen molar-refractivity contribution < 1.29 is 17.9 Å². The molecule has 0 aromatic heterocycles. The van der Waals surface area contributed by atoms with Crippen molar-refractivity contribution >= 4 is 21.6 Å². The first-order valence-electron chi connectivity index (χ1n) is 9.70. The van der Waals surface area contributed by atoms with Crippen molar-refractivity contribution in [3.63, 3.8) is 0 Å². The van der Waals surface area contributed by atoms with Gasteiger partial charge in [-0.05, 0) is 56.4 Å². The number of aryl methyl sites for hydroxylation is 2. The molecule has 1 saturated carbocycles. The van der Waals surface area contributed by atoms with Crippen molar-refractivity contribution in [1.82, 2.24) is 5.32 Å². The molecule has 1 amide bonds. The van der Waals surface area contributed by atoms with Gasteiger partial charge in [0.25, 0.3) is 0 Å². The molecule has 1 aromatic rings. The molecule has 1 aromatic carbocycles. The maximum absolute atomic E-state index is 12.2. The van der Waals surface area contributed by atoms with Gasteiger partial charge in [-0.2, -0.15) is 0 Å². The van der Waals surface area contributed by atoms with E-state index in [1.807, 2.05) is 19.9 Å². The van der Waals surface area contributed by atoms with E-state index in [1.54, 1.807) is 12.1 Å². The van der Waals surface area contributed by atoms with Crippen LogP contribution in [0.2, 0.25) is 0 Å². The quantitative estimate of drug-likeness (QED) is 0.651. The van der Waals surface area contributed by atoms with Crippen molar-refractivity contribution in [3.05, 3.63) is 29.3 Å². The van der Waals surface area contributed by atoms with E-state index in [0.717, 1.165) is 41.0 Å². The van der Waals surface area contributed by atoms with Crippen LogP contribution in [0.15, 0.2) is 18.2 Å². The number of nitrogens with one attached hydrogen (secondary N) is 1. The van der Waals surface area contributed by atoms with E-state index in [-0.39, 0.29) is 12.5 Å². The van der Waals surface area contributed by atoms with Gasteiger partial charge in [-0.25, -0.2) is 8.42 Å². The Morgan fingerprint density at radius 2 is 1.89 bits per heavy atom. The number of rotatable bonds is 9. The highest BCUT2D eigenvalue weighted by Crippen LogP contribution is 2.21. The number of hydrogen-bond acceptors (Lipinski definition) is 4. The summed E-state index contributed by atoms with van der Waals surface area (Å²) in [5.74, 6) is -0.309. The molecular formula is C20H32N2O4S. The average Bonchev–Trinajstić information content (AvgIpc) is 2.62. The zero-order valence-electron chi connectivity index (χ0n) is 16.7. The maximum atomic E-state index is 12.2. The molecule has 1 aliphatic carbocycles. The second kappa shape index (κ2) is 10.1. The number of hydrogen-bond donors (Lipinski definition) is 1. The minimum absolute atomic E-state index is 0.217. The molecule has 0 radical (unpaired) electrons.